The molecule has 0 atom stereocenters. The van der Waals surface area contributed by atoms with Gasteiger partial charge in [-0.25, -0.2) is 4.98 Å². The van der Waals surface area contributed by atoms with Gasteiger partial charge in [-0.3, -0.25) is 4.79 Å². The average molecular weight is 265 g/mol. The molecule has 0 saturated carbocycles. The summed E-state index contributed by atoms with van der Waals surface area (Å²) in [4.78, 5) is 20.8. The Balaban J connectivity index is 2.03. The van der Waals surface area contributed by atoms with Crippen molar-refractivity contribution >= 4 is 16.9 Å². The molecule has 4 heteroatoms. The fourth-order valence-corrected chi connectivity index (χ4v) is 2.26. The second-order valence-electron chi connectivity index (χ2n) is 4.88. The SMILES string of the molecule is CN(C)C(=O)c1ccc(-c2ccnc3[nH]ccc23)cc1. The van der Waals surface area contributed by atoms with Crippen LogP contribution in [-0.4, -0.2) is 34.9 Å². The summed E-state index contributed by atoms with van der Waals surface area (Å²) in [5.74, 6) is 0.0121. The van der Waals surface area contributed by atoms with Gasteiger partial charge in [0.25, 0.3) is 5.91 Å². The quantitative estimate of drug-likeness (QED) is 0.774. The van der Waals surface area contributed by atoms with Crippen LogP contribution in [0.2, 0.25) is 0 Å². The van der Waals surface area contributed by atoms with E-state index in [0.717, 1.165) is 22.2 Å². The van der Waals surface area contributed by atoms with Gasteiger partial charge in [0.1, 0.15) is 5.65 Å². The first-order chi connectivity index (χ1) is 9.66. The highest BCUT2D eigenvalue weighted by molar-refractivity contribution is 5.96. The van der Waals surface area contributed by atoms with Gasteiger partial charge in [0.2, 0.25) is 0 Å². The number of carbonyl (C=O) groups is 1. The molecule has 0 bridgehead atoms. The van der Waals surface area contributed by atoms with E-state index in [2.05, 4.69) is 9.97 Å². The molecule has 0 fully saturated rings. The van der Waals surface area contributed by atoms with Crippen LogP contribution in [0, 0.1) is 0 Å². The molecular formula is C16H15N3O. The molecule has 1 N–H and O–H groups in total. The van der Waals surface area contributed by atoms with Crippen molar-refractivity contribution in [3.63, 3.8) is 0 Å². The van der Waals surface area contributed by atoms with E-state index in [1.165, 1.54) is 0 Å². The maximum Gasteiger partial charge on any atom is 0.253 e. The first kappa shape index (κ1) is 12.4. The number of aromatic amines is 1. The molecule has 0 aliphatic carbocycles. The second kappa shape index (κ2) is 4.81. The highest BCUT2D eigenvalue weighted by atomic mass is 16.2. The summed E-state index contributed by atoms with van der Waals surface area (Å²) >= 11 is 0. The molecule has 1 amide bonds. The Morgan fingerprint density at radius 3 is 2.55 bits per heavy atom. The number of pyridine rings is 1. The van der Waals surface area contributed by atoms with Crippen LogP contribution in [-0.2, 0) is 0 Å². The number of H-pyrrole nitrogens is 1. The normalized spacial score (nSPS) is 10.7. The molecule has 3 aromatic rings. The zero-order chi connectivity index (χ0) is 14.1. The number of amides is 1. The lowest BCUT2D eigenvalue weighted by Gasteiger charge is -2.10. The third-order valence-corrected chi connectivity index (χ3v) is 3.31. The lowest BCUT2D eigenvalue weighted by Crippen LogP contribution is -2.21. The Kier molecular flexibility index (Phi) is 2.99. The third-order valence-electron chi connectivity index (χ3n) is 3.31. The van der Waals surface area contributed by atoms with Crippen molar-refractivity contribution in [2.75, 3.05) is 14.1 Å². The minimum atomic E-state index is 0.0121. The topological polar surface area (TPSA) is 49.0 Å². The average Bonchev–Trinajstić information content (AvgIpc) is 2.95. The number of rotatable bonds is 2. The molecule has 1 aromatic carbocycles. The van der Waals surface area contributed by atoms with Gasteiger partial charge in [-0.1, -0.05) is 12.1 Å². The molecular weight excluding hydrogens is 250 g/mol. The van der Waals surface area contributed by atoms with Crippen LogP contribution in [0.5, 0.6) is 0 Å². The van der Waals surface area contributed by atoms with E-state index in [9.17, 15) is 4.79 Å². The summed E-state index contributed by atoms with van der Waals surface area (Å²) in [6, 6.07) is 11.7. The number of fused-ring (bicyclic) bond motifs is 1. The molecule has 100 valence electrons. The Morgan fingerprint density at radius 1 is 1.10 bits per heavy atom. The predicted octanol–water partition coefficient (Wildman–Crippen LogP) is 2.93. The Labute approximate surface area is 117 Å². The van der Waals surface area contributed by atoms with Crippen LogP contribution in [0.1, 0.15) is 10.4 Å². The minimum Gasteiger partial charge on any atom is -0.346 e. The highest BCUT2D eigenvalue weighted by Crippen LogP contribution is 2.27. The van der Waals surface area contributed by atoms with Gasteiger partial charge in [-0.2, -0.15) is 0 Å². The van der Waals surface area contributed by atoms with E-state index in [-0.39, 0.29) is 5.91 Å². The van der Waals surface area contributed by atoms with Gasteiger partial charge in [0.05, 0.1) is 0 Å². The lowest BCUT2D eigenvalue weighted by atomic mass is 10.0. The minimum absolute atomic E-state index is 0.0121. The van der Waals surface area contributed by atoms with Gasteiger partial charge in [-0.15, -0.1) is 0 Å². The largest absolute Gasteiger partial charge is 0.346 e. The van der Waals surface area contributed by atoms with Crippen LogP contribution < -0.4 is 0 Å². The number of carbonyl (C=O) groups excluding carboxylic acids is 1. The standard InChI is InChI=1S/C16H15N3O/c1-19(2)16(20)12-5-3-11(4-6-12)13-7-9-17-15-14(13)8-10-18-15/h3-10H,1-2H3,(H,17,18). The van der Waals surface area contributed by atoms with Crippen molar-refractivity contribution in [3.8, 4) is 11.1 Å². The zero-order valence-corrected chi connectivity index (χ0v) is 11.4. The van der Waals surface area contributed by atoms with Gasteiger partial charge in [0, 0.05) is 37.4 Å². The van der Waals surface area contributed by atoms with E-state index >= 15 is 0 Å². The Hall–Kier alpha value is -2.62. The number of benzene rings is 1. The van der Waals surface area contributed by atoms with Crippen LogP contribution in [0.3, 0.4) is 0 Å². The number of nitrogens with zero attached hydrogens (tertiary/aromatic N) is 2. The molecule has 0 radical (unpaired) electrons. The Morgan fingerprint density at radius 2 is 1.85 bits per heavy atom. The van der Waals surface area contributed by atoms with Crippen molar-refractivity contribution in [1.82, 2.24) is 14.9 Å². The summed E-state index contributed by atoms with van der Waals surface area (Å²) < 4.78 is 0. The van der Waals surface area contributed by atoms with Crippen molar-refractivity contribution in [2.24, 2.45) is 0 Å². The lowest BCUT2D eigenvalue weighted by molar-refractivity contribution is 0.0827. The fourth-order valence-electron chi connectivity index (χ4n) is 2.26. The van der Waals surface area contributed by atoms with Crippen molar-refractivity contribution in [1.29, 1.82) is 0 Å². The summed E-state index contributed by atoms with van der Waals surface area (Å²) in [5, 5.41) is 1.08. The van der Waals surface area contributed by atoms with Crippen LogP contribution in [0.15, 0.2) is 48.8 Å². The first-order valence-corrected chi connectivity index (χ1v) is 6.41. The number of aromatic nitrogens is 2. The van der Waals surface area contributed by atoms with Gasteiger partial charge in [-0.05, 0) is 35.4 Å². The first-order valence-electron chi connectivity index (χ1n) is 6.41. The van der Waals surface area contributed by atoms with Crippen molar-refractivity contribution < 1.29 is 4.79 Å². The molecule has 0 aliphatic rings. The number of nitrogens with one attached hydrogen (secondary N) is 1. The summed E-state index contributed by atoms with van der Waals surface area (Å²) in [7, 11) is 3.50. The van der Waals surface area contributed by atoms with E-state index in [4.69, 9.17) is 0 Å². The monoisotopic (exact) mass is 265 g/mol. The predicted molar refractivity (Wildman–Crippen MR) is 79.5 cm³/mol. The maximum absolute atomic E-state index is 11.9. The third kappa shape index (κ3) is 2.05. The summed E-state index contributed by atoms with van der Waals surface area (Å²) in [6.45, 7) is 0. The van der Waals surface area contributed by atoms with E-state index in [1.807, 2.05) is 42.6 Å². The van der Waals surface area contributed by atoms with Crippen LogP contribution in [0.4, 0.5) is 0 Å². The van der Waals surface area contributed by atoms with Crippen molar-refractivity contribution in [3.05, 3.63) is 54.4 Å². The van der Waals surface area contributed by atoms with E-state index in [1.54, 1.807) is 25.2 Å². The van der Waals surface area contributed by atoms with E-state index < -0.39 is 0 Å². The number of hydrogen-bond acceptors (Lipinski definition) is 2. The van der Waals surface area contributed by atoms with Gasteiger partial charge in [0.15, 0.2) is 0 Å². The van der Waals surface area contributed by atoms with Gasteiger partial charge < -0.3 is 9.88 Å². The van der Waals surface area contributed by atoms with Crippen molar-refractivity contribution in [2.45, 2.75) is 0 Å². The maximum atomic E-state index is 11.9. The molecule has 0 saturated heterocycles. The van der Waals surface area contributed by atoms with Gasteiger partial charge >= 0.3 is 0 Å². The van der Waals surface area contributed by atoms with Crippen LogP contribution in [0.25, 0.3) is 22.2 Å². The molecule has 20 heavy (non-hydrogen) atoms. The molecule has 0 spiro atoms. The molecule has 0 aliphatic heterocycles. The zero-order valence-electron chi connectivity index (χ0n) is 11.4. The summed E-state index contributed by atoms with van der Waals surface area (Å²) in [5.41, 5.74) is 3.75. The fraction of sp³-hybridized carbons (Fsp3) is 0.125. The highest BCUT2D eigenvalue weighted by Gasteiger charge is 2.09. The molecule has 4 nitrogen and oxygen atoms in total. The van der Waals surface area contributed by atoms with E-state index in [0.29, 0.717) is 5.56 Å². The molecule has 2 aromatic heterocycles. The summed E-state index contributed by atoms with van der Waals surface area (Å²) in [6.07, 6.45) is 3.66. The molecule has 0 unspecified atom stereocenters. The number of hydrogen-bond donors (Lipinski definition) is 1. The Bertz CT molecular complexity index is 757. The second-order valence-corrected chi connectivity index (χ2v) is 4.88. The van der Waals surface area contributed by atoms with Crippen LogP contribution >= 0.6 is 0 Å². The smallest absolute Gasteiger partial charge is 0.253 e. The molecule has 2 heterocycles. The molecule has 3 rings (SSSR count).